The molecule has 0 aliphatic carbocycles. The van der Waals surface area contributed by atoms with Crippen molar-refractivity contribution in [2.75, 3.05) is 0 Å². The molecule has 0 unspecified atom stereocenters. The van der Waals surface area contributed by atoms with Crippen molar-refractivity contribution in [3.8, 4) is 11.5 Å². The standard InChI is InChI=1S/2C7H7NO2/c2*8-7(9)10-6-4-2-1-3-5-6/h2*1-5H,(H2,8,9). The lowest BCUT2D eigenvalue weighted by Crippen LogP contribution is -2.15. The van der Waals surface area contributed by atoms with Gasteiger partial charge in [-0.3, -0.25) is 0 Å². The molecular weight excluding hydrogens is 260 g/mol. The van der Waals surface area contributed by atoms with Crippen molar-refractivity contribution in [1.82, 2.24) is 0 Å². The Kier molecular flexibility index (Phi) is 6.13. The highest BCUT2D eigenvalue weighted by Crippen LogP contribution is 2.07. The number of benzene rings is 2. The molecule has 0 aromatic heterocycles. The van der Waals surface area contributed by atoms with Crippen LogP contribution in [-0.2, 0) is 0 Å². The average Bonchev–Trinajstić information content (AvgIpc) is 2.40. The molecule has 0 bridgehead atoms. The second-order valence-corrected chi connectivity index (χ2v) is 3.47. The number of carbonyl (C=O) groups is 2. The van der Waals surface area contributed by atoms with Crippen molar-refractivity contribution in [2.24, 2.45) is 11.5 Å². The van der Waals surface area contributed by atoms with E-state index >= 15 is 0 Å². The normalized spacial score (nSPS) is 8.80. The van der Waals surface area contributed by atoms with Gasteiger partial charge in [-0.15, -0.1) is 0 Å². The van der Waals surface area contributed by atoms with Crippen LogP contribution in [0.1, 0.15) is 0 Å². The molecule has 0 saturated carbocycles. The molecule has 2 aromatic carbocycles. The van der Waals surface area contributed by atoms with Crippen LogP contribution >= 0.6 is 0 Å². The molecule has 104 valence electrons. The van der Waals surface area contributed by atoms with Gasteiger partial charge in [0.15, 0.2) is 0 Å². The first-order valence-corrected chi connectivity index (χ1v) is 5.62. The summed E-state index contributed by atoms with van der Waals surface area (Å²) in [6.07, 6.45) is -1.57. The molecule has 2 aromatic rings. The third kappa shape index (κ3) is 6.65. The van der Waals surface area contributed by atoms with Gasteiger partial charge in [0.1, 0.15) is 11.5 Å². The van der Waals surface area contributed by atoms with Crippen LogP contribution in [0.4, 0.5) is 9.59 Å². The first-order chi connectivity index (χ1) is 9.58. The summed E-state index contributed by atoms with van der Waals surface area (Å²) in [6, 6.07) is 17.3. The minimum absolute atomic E-state index is 0.468. The zero-order valence-corrected chi connectivity index (χ0v) is 10.6. The lowest BCUT2D eigenvalue weighted by atomic mass is 10.3. The van der Waals surface area contributed by atoms with Gasteiger partial charge < -0.3 is 20.9 Å². The van der Waals surface area contributed by atoms with Gasteiger partial charge in [-0.25, -0.2) is 9.59 Å². The van der Waals surface area contributed by atoms with Gasteiger partial charge in [-0.1, -0.05) is 36.4 Å². The molecule has 0 atom stereocenters. The smallest absolute Gasteiger partial charge is 0.409 e. The van der Waals surface area contributed by atoms with Gasteiger partial charge in [0.25, 0.3) is 0 Å². The molecule has 0 aliphatic rings. The maximum absolute atomic E-state index is 10.2. The van der Waals surface area contributed by atoms with E-state index in [4.69, 9.17) is 11.5 Å². The summed E-state index contributed by atoms with van der Waals surface area (Å²) < 4.78 is 9.11. The third-order valence-electron chi connectivity index (χ3n) is 1.92. The number of para-hydroxylation sites is 2. The van der Waals surface area contributed by atoms with Crippen LogP contribution in [0.3, 0.4) is 0 Å². The largest absolute Gasteiger partial charge is 0.411 e. The van der Waals surface area contributed by atoms with Crippen molar-refractivity contribution in [3.63, 3.8) is 0 Å². The Hall–Kier alpha value is -3.02. The summed E-state index contributed by atoms with van der Waals surface area (Å²) in [4.78, 5) is 20.3. The maximum Gasteiger partial charge on any atom is 0.409 e. The van der Waals surface area contributed by atoms with Gasteiger partial charge in [0.2, 0.25) is 0 Å². The topological polar surface area (TPSA) is 105 Å². The van der Waals surface area contributed by atoms with Gasteiger partial charge >= 0.3 is 12.2 Å². The van der Waals surface area contributed by atoms with Gasteiger partial charge in [-0.2, -0.15) is 0 Å². The van der Waals surface area contributed by atoms with Crippen LogP contribution in [0.5, 0.6) is 11.5 Å². The fourth-order valence-electron chi connectivity index (χ4n) is 1.21. The average molecular weight is 274 g/mol. The van der Waals surface area contributed by atoms with E-state index in [1.165, 1.54) is 0 Å². The van der Waals surface area contributed by atoms with Crippen molar-refractivity contribution in [1.29, 1.82) is 0 Å². The molecule has 2 amide bonds. The lowest BCUT2D eigenvalue weighted by Gasteiger charge is -1.96. The fourth-order valence-corrected chi connectivity index (χ4v) is 1.21. The van der Waals surface area contributed by atoms with Crippen molar-refractivity contribution in [3.05, 3.63) is 60.7 Å². The Labute approximate surface area is 115 Å². The molecule has 0 radical (unpaired) electrons. The predicted molar refractivity (Wildman–Crippen MR) is 73.3 cm³/mol. The predicted octanol–water partition coefficient (Wildman–Crippen LogP) is 2.29. The van der Waals surface area contributed by atoms with Crippen molar-refractivity contribution >= 4 is 12.2 Å². The highest BCUT2D eigenvalue weighted by Gasteiger charge is 1.94. The van der Waals surface area contributed by atoms with Crippen LogP contribution in [0.15, 0.2) is 60.7 Å². The minimum atomic E-state index is -0.786. The number of ether oxygens (including phenoxy) is 2. The van der Waals surface area contributed by atoms with Crippen molar-refractivity contribution in [2.45, 2.75) is 0 Å². The quantitative estimate of drug-likeness (QED) is 0.876. The van der Waals surface area contributed by atoms with E-state index in [1.807, 2.05) is 12.1 Å². The monoisotopic (exact) mass is 274 g/mol. The van der Waals surface area contributed by atoms with Crippen LogP contribution < -0.4 is 20.9 Å². The second-order valence-electron chi connectivity index (χ2n) is 3.47. The molecule has 20 heavy (non-hydrogen) atoms. The van der Waals surface area contributed by atoms with E-state index in [9.17, 15) is 9.59 Å². The molecule has 0 heterocycles. The number of nitrogens with two attached hydrogens (primary N) is 2. The Bertz CT molecular complexity index is 492. The van der Waals surface area contributed by atoms with Crippen LogP contribution in [0.2, 0.25) is 0 Å². The summed E-state index contributed by atoms with van der Waals surface area (Å²) in [5.41, 5.74) is 9.53. The summed E-state index contributed by atoms with van der Waals surface area (Å²) >= 11 is 0. The molecule has 0 spiro atoms. The Morgan fingerprint density at radius 2 is 0.950 bits per heavy atom. The Morgan fingerprint density at radius 1 is 0.650 bits per heavy atom. The molecule has 0 fully saturated rings. The number of hydrogen-bond donors (Lipinski definition) is 2. The van der Waals surface area contributed by atoms with E-state index in [0.29, 0.717) is 11.5 Å². The molecule has 4 N–H and O–H groups in total. The van der Waals surface area contributed by atoms with Gasteiger partial charge in [0.05, 0.1) is 0 Å². The lowest BCUT2D eigenvalue weighted by molar-refractivity contribution is 0.210. The van der Waals surface area contributed by atoms with Crippen LogP contribution in [0.25, 0.3) is 0 Å². The number of hydrogen-bond acceptors (Lipinski definition) is 4. The van der Waals surface area contributed by atoms with E-state index in [1.54, 1.807) is 48.5 Å². The molecule has 6 heteroatoms. The number of primary amides is 2. The Balaban J connectivity index is 0.000000200. The fraction of sp³-hybridized carbons (Fsp3) is 0. The SMILES string of the molecule is NC(=O)Oc1ccccc1.NC(=O)Oc1ccccc1. The number of rotatable bonds is 2. The van der Waals surface area contributed by atoms with E-state index < -0.39 is 12.2 Å². The maximum atomic E-state index is 10.2. The highest BCUT2D eigenvalue weighted by molar-refractivity contribution is 5.68. The summed E-state index contributed by atoms with van der Waals surface area (Å²) in [5, 5.41) is 0. The molecular formula is C14H14N2O4. The van der Waals surface area contributed by atoms with Gasteiger partial charge in [-0.05, 0) is 24.3 Å². The first-order valence-electron chi connectivity index (χ1n) is 5.62. The second kappa shape index (κ2) is 8.15. The zero-order chi connectivity index (χ0) is 14.8. The molecule has 2 rings (SSSR count). The zero-order valence-electron chi connectivity index (χ0n) is 10.6. The molecule has 0 aliphatic heterocycles. The van der Waals surface area contributed by atoms with Gasteiger partial charge in [0, 0.05) is 0 Å². The highest BCUT2D eigenvalue weighted by atomic mass is 16.6. The number of amides is 2. The number of carbonyl (C=O) groups excluding carboxylic acids is 2. The van der Waals surface area contributed by atoms with Crippen LogP contribution in [0, 0.1) is 0 Å². The molecule has 6 nitrogen and oxygen atoms in total. The summed E-state index contributed by atoms with van der Waals surface area (Å²) in [5.74, 6) is 0.935. The van der Waals surface area contributed by atoms with Crippen LogP contribution in [-0.4, -0.2) is 12.2 Å². The van der Waals surface area contributed by atoms with E-state index in [0.717, 1.165) is 0 Å². The van der Waals surface area contributed by atoms with E-state index in [-0.39, 0.29) is 0 Å². The summed E-state index contributed by atoms with van der Waals surface area (Å²) in [6.45, 7) is 0. The van der Waals surface area contributed by atoms with Crippen molar-refractivity contribution < 1.29 is 19.1 Å². The minimum Gasteiger partial charge on any atom is -0.411 e. The van der Waals surface area contributed by atoms with E-state index in [2.05, 4.69) is 9.47 Å². The first kappa shape index (κ1) is 15.0. The summed E-state index contributed by atoms with van der Waals surface area (Å²) in [7, 11) is 0. The third-order valence-corrected chi connectivity index (χ3v) is 1.92. The molecule has 0 saturated heterocycles. The Morgan fingerprint density at radius 3 is 1.20 bits per heavy atom.